The van der Waals surface area contributed by atoms with E-state index < -0.39 is 10.5 Å². The van der Waals surface area contributed by atoms with Gasteiger partial charge in [-0.25, -0.2) is 0 Å². The average Bonchev–Trinajstić information content (AvgIpc) is 2.98. The highest BCUT2D eigenvalue weighted by atomic mass is 35.5. The van der Waals surface area contributed by atoms with Crippen molar-refractivity contribution in [1.82, 2.24) is 9.78 Å². The number of nitrogens with zero attached hydrogens (tertiary/aromatic N) is 4. The molecule has 0 amide bonds. The van der Waals surface area contributed by atoms with Crippen LogP contribution in [-0.2, 0) is 0 Å². The maximum Gasteiger partial charge on any atom is 0.301 e. The summed E-state index contributed by atoms with van der Waals surface area (Å²) in [6, 6.07) is 12.1. The van der Waals surface area contributed by atoms with Gasteiger partial charge in [0.05, 0.1) is 16.3 Å². The number of non-ortho nitro benzene ring substituents is 1. The molecule has 0 spiro atoms. The number of nitrogens with one attached hydrogen (secondary N) is 1. The zero-order valence-electron chi connectivity index (χ0n) is 13.5. The number of thiocarbonyl (C=S) groups is 1. The first-order valence-corrected chi connectivity index (χ1v) is 8.22. The van der Waals surface area contributed by atoms with Crippen LogP contribution in [0.3, 0.4) is 0 Å². The molecule has 11 heteroatoms. The number of azo groups is 1. The van der Waals surface area contributed by atoms with Crippen LogP contribution in [0.2, 0.25) is 5.02 Å². The predicted octanol–water partition coefficient (Wildman–Crippen LogP) is 3.91. The molecular weight excluding hydrogens is 392 g/mol. The molecule has 2 aromatic carbocycles. The molecular formula is C16H11ClN6O3S. The molecule has 27 heavy (non-hydrogen) atoms. The Balaban J connectivity index is 2.09. The van der Waals surface area contributed by atoms with Crippen molar-refractivity contribution < 1.29 is 4.92 Å². The van der Waals surface area contributed by atoms with Crippen molar-refractivity contribution in [3.05, 3.63) is 74.0 Å². The number of aromatic amines is 1. The number of H-pyrrole nitrogens is 1. The molecule has 3 rings (SSSR count). The van der Waals surface area contributed by atoms with Gasteiger partial charge < -0.3 is 5.73 Å². The zero-order chi connectivity index (χ0) is 19.6. The van der Waals surface area contributed by atoms with Crippen molar-refractivity contribution in [3.8, 4) is 11.3 Å². The second kappa shape index (κ2) is 7.48. The van der Waals surface area contributed by atoms with Gasteiger partial charge in [0.2, 0.25) is 0 Å². The van der Waals surface area contributed by atoms with Crippen molar-refractivity contribution in [2.24, 2.45) is 16.0 Å². The van der Waals surface area contributed by atoms with Crippen LogP contribution in [0.1, 0.15) is 0 Å². The molecule has 1 aromatic heterocycles. The Labute approximate surface area is 162 Å². The van der Waals surface area contributed by atoms with Crippen LogP contribution in [0, 0.1) is 10.1 Å². The minimum Gasteiger partial charge on any atom is -0.374 e. The topological polar surface area (TPSA) is 132 Å². The van der Waals surface area contributed by atoms with Gasteiger partial charge in [0.15, 0.2) is 10.8 Å². The van der Waals surface area contributed by atoms with E-state index in [2.05, 4.69) is 15.3 Å². The highest BCUT2D eigenvalue weighted by molar-refractivity contribution is 7.80. The zero-order valence-corrected chi connectivity index (χ0v) is 15.1. The van der Waals surface area contributed by atoms with Crippen molar-refractivity contribution in [2.45, 2.75) is 0 Å². The molecule has 0 saturated heterocycles. The van der Waals surface area contributed by atoms with Gasteiger partial charge in [-0.2, -0.15) is 9.80 Å². The maximum absolute atomic E-state index is 12.5. The van der Waals surface area contributed by atoms with Crippen LogP contribution in [0.4, 0.5) is 17.1 Å². The molecule has 136 valence electrons. The summed E-state index contributed by atoms with van der Waals surface area (Å²) in [7, 11) is 0. The smallest absolute Gasteiger partial charge is 0.301 e. The van der Waals surface area contributed by atoms with Gasteiger partial charge in [-0.15, -0.1) is 5.11 Å². The van der Waals surface area contributed by atoms with E-state index in [0.29, 0.717) is 16.3 Å². The van der Waals surface area contributed by atoms with Crippen molar-refractivity contribution >= 4 is 46.0 Å². The fraction of sp³-hybridized carbons (Fsp3) is 0. The van der Waals surface area contributed by atoms with Crippen LogP contribution in [-0.4, -0.2) is 19.8 Å². The van der Waals surface area contributed by atoms with E-state index in [0.717, 1.165) is 4.68 Å². The van der Waals surface area contributed by atoms with E-state index in [1.807, 2.05) is 0 Å². The summed E-state index contributed by atoms with van der Waals surface area (Å²) >= 11 is 10.7. The lowest BCUT2D eigenvalue weighted by Gasteiger charge is -2.00. The van der Waals surface area contributed by atoms with Gasteiger partial charge in [-0.05, 0) is 48.6 Å². The summed E-state index contributed by atoms with van der Waals surface area (Å²) in [6.07, 6.45) is 0. The summed E-state index contributed by atoms with van der Waals surface area (Å²) in [5, 5.41) is 21.9. The number of benzene rings is 2. The monoisotopic (exact) mass is 402 g/mol. The molecule has 1 heterocycles. The number of hydrogen-bond donors (Lipinski definition) is 2. The molecule has 0 saturated carbocycles. The van der Waals surface area contributed by atoms with Gasteiger partial charge in [0, 0.05) is 22.7 Å². The Morgan fingerprint density at radius 3 is 2.33 bits per heavy atom. The summed E-state index contributed by atoms with van der Waals surface area (Å²) < 4.78 is 0.947. The van der Waals surface area contributed by atoms with Gasteiger partial charge >= 0.3 is 5.56 Å². The molecule has 0 aliphatic heterocycles. The van der Waals surface area contributed by atoms with Crippen molar-refractivity contribution in [2.75, 3.05) is 0 Å². The maximum atomic E-state index is 12.5. The van der Waals surface area contributed by atoms with Crippen LogP contribution in [0.5, 0.6) is 0 Å². The average molecular weight is 403 g/mol. The number of hydrogen-bond acceptors (Lipinski definition) is 6. The second-order valence-electron chi connectivity index (χ2n) is 5.29. The first-order chi connectivity index (χ1) is 12.9. The molecule has 9 nitrogen and oxygen atoms in total. The first-order valence-electron chi connectivity index (χ1n) is 7.44. The highest BCUT2D eigenvalue weighted by Gasteiger charge is 2.18. The van der Waals surface area contributed by atoms with E-state index in [9.17, 15) is 14.9 Å². The molecule has 0 unspecified atom stereocenters. The van der Waals surface area contributed by atoms with Gasteiger partial charge in [-0.1, -0.05) is 11.6 Å². The first kappa shape index (κ1) is 18.4. The molecule has 0 bridgehead atoms. The standard InChI is InChI=1S/C16H11ClN6O3S/c17-10-3-5-11(6-4-10)19-20-14-13(21-22(15(14)24)16(18)27)9-1-7-12(8-2-9)23(25)26/h1-8,21H,(H2,18,27). The van der Waals surface area contributed by atoms with Crippen LogP contribution >= 0.6 is 23.8 Å². The Hall–Kier alpha value is -3.37. The second-order valence-corrected chi connectivity index (χ2v) is 6.15. The van der Waals surface area contributed by atoms with Crippen molar-refractivity contribution in [3.63, 3.8) is 0 Å². The number of nitro groups is 1. The molecule has 3 N–H and O–H groups in total. The predicted molar refractivity (Wildman–Crippen MR) is 105 cm³/mol. The molecule has 0 atom stereocenters. The van der Waals surface area contributed by atoms with E-state index in [1.165, 1.54) is 24.3 Å². The van der Waals surface area contributed by atoms with E-state index >= 15 is 0 Å². The molecule has 0 fully saturated rings. The minimum absolute atomic E-state index is 0.0356. The summed E-state index contributed by atoms with van der Waals surface area (Å²) in [4.78, 5) is 22.8. The minimum atomic E-state index is -0.589. The number of nitro benzene ring substituents is 1. The molecule has 0 radical (unpaired) electrons. The SMILES string of the molecule is NC(=S)n1[nH]c(-c2ccc([N+](=O)[O-])cc2)c(N=Nc2ccc(Cl)cc2)c1=O. The third kappa shape index (κ3) is 3.91. The third-order valence-electron chi connectivity index (χ3n) is 3.55. The fourth-order valence-electron chi connectivity index (χ4n) is 2.24. The lowest BCUT2D eigenvalue weighted by atomic mass is 10.1. The lowest BCUT2D eigenvalue weighted by Crippen LogP contribution is -2.29. The fourth-order valence-corrected chi connectivity index (χ4v) is 2.50. The quantitative estimate of drug-likeness (QED) is 0.295. The third-order valence-corrected chi connectivity index (χ3v) is 3.98. The number of aromatic nitrogens is 2. The molecule has 3 aromatic rings. The number of rotatable bonds is 4. The number of halogens is 1. The summed E-state index contributed by atoms with van der Waals surface area (Å²) in [5.41, 5.74) is 6.09. The van der Waals surface area contributed by atoms with Crippen molar-refractivity contribution in [1.29, 1.82) is 0 Å². The highest BCUT2D eigenvalue weighted by Crippen LogP contribution is 2.29. The van der Waals surface area contributed by atoms with Crippen LogP contribution in [0.25, 0.3) is 11.3 Å². The van der Waals surface area contributed by atoms with E-state index in [-0.39, 0.29) is 22.2 Å². The largest absolute Gasteiger partial charge is 0.374 e. The Morgan fingerprint density at radius 1 is 1.15 bits per heavy atom. The molecule has 0 aliphatic rings. The summed E-state index contributed by atoms with van der Waals surface area (Å²) in [5.74, 6) is 0. The van der Waals surface area contributed by atoms with Gasteiger partial charge in [0.1, 0.15) is 0 Å². The van der Waals surface area contributed by atoms with Gasteiger partial charge in [0.25, 0.3) is 5.69 Å². The van der Waals surface area contributed by atoms with Crippen LogP contribution < -0.4 is 11.3 Å². The van der Waals surface area contributed by atoms with Crippen LogP contribution in [0.15, 0.2) is 63.6 Å². The van der Waals surface area contributed by atoms with E-state index in [4.69, 9.17) is 29.6 Å². The summed E-state index contributed by atoms with van der Waals surface area (Å²) in [6.45, 7) is 0. The lowest BCUT2D eigenvalue weighted by molar-refractivity contribution is -0.384. The molecule has 0 aliphatic carbocycles. The van der Waals surface area contributed by atoms with Gasteiger partial charge in [-0.3, -0.25) is 20.0 Å². The Bertz CT molecular complexity index is 1100. The van der Waals surface area contributed by atoms with E-state index in [1.54, 1.807) is 24.3 Å². The normalized spacial score (nSPS) is 11.0. The number of nitrogens with two attached hydrogens (primary N) is 1. The Morgan fingerprint density at radius 2 is 1.78 bits per heavy atom. The Kier molecular flexibility index (Phi) is 5.10.